The van der Waals surface area contributed by atoms with Crippen LogP contribution in [0.25, 0.3) is 0 Å². The number of hydrogen-bond acceptors (Lipinski definition) is 2. The maximum atomic E-state index is 13.5. The van der Waals surface area contributed by atoms with Crippen molar-refractivity contribution in [3.63, 3.8) is 0 Å². The van der Waals surface area contributed by atoms with Crippen LogP contribution in [-0.4, -0.2) is 0 Å². The Balaban J connectivity index is 2.20. The third-order valence-electron chi connectivity index (χ3n) is 2.86. The van der Waals surface area contributed by atoms with Gasteiger partial charge in [0.05, 0.1) is 0 Å². The van der Waals surface area contributed by atoms with Crippen molar-refractivity contribution >= 4 is 15.9 Å². The molecule has 0 saturated carbocycles. The average molecular weight is 342 g/mol. The van der Waals surface area contributed by atoms with Gasteiger partial charge in [-0.15, -0.1) is 0 Å². The van der Waals surface area contributed by atoms with Crippen LogP contribution in [0.4, 0.5) is 8.78 Å². The lowest BCUT2D eigenvalue weighted by molar-refractivity contribution is 0.295. The third kappa shape index (κ3) is 3.55. The molecule has 2 nitrogen and oxygen atoms in total. The summed E-state index contributed by atoms with van der Waals surface area (Å²) >= 11 is 3.35. The summed E-state index contributed by atoms with van der Waals surface area (Å²) in [6.45, 7) is 1.86. The Kier molecular flexibility index (Phi) is 4.73. The SMILES string of the molecule is C[C@@H](N)c1ccc(Br)cc1OCc1ccc(F)cc1F. The van der Waals surface area contributed by atoms with E-state index in [1.54, 1.807) is 6.07 Å². The van der Waals surface area contributed by atoms with Gasteiger partial charge in [0.15, 0.2) is 0 Å². The van der Waals surface area contributed by atoms with Gasteiger partial charge in [0.1, 0.15) is 24.0 Å². The molecule has 0 spiro atoms. The van der Waals surface area contributed by atoms with Crippen LogP contribution in [0, 0.1) is 11.6 Å². The van der Waals surface area contributed by atoms with Gasteiger partial charge < -0.3 is 10.5 Å². The Labute approximate surface area is 124 Å². The van der Waals surface area contributed by atoms with E-state index in [1.165, 1.54) is 12.1 Å². The van der Waals surface area contributed by atoms with Gasteiger partial charge in [0, 0.05) is 27.7 Å². The van der Waals surface area contributed by atoms with E-state index in [1.807, 2.05) is 19.1 Å². The molecule has 20 heavy (non-hydrogen) atoms. The van der Waals surface area contributed by atoms with Crippen LogP contribution in [0.2, 0.25) is 0 Å². The van der Waals surface area contributed by atoms with Gasteiger partial charge in [-0.25, -0.2) is 8.78 Å². The highest BCUT2D eigenvalue weighted by Crippen LogP contribution is 2.28. The van der Waals surface area contributed by atoms with E-state index in [2.05, 4.69) is 15.9 Å². The first-order valence-corrected chi connectivity index (χ1v) is 6.88. The Morgan fingerprint density at radius 2 is 1.95 bits per heavy atom. The summed E-state index contributed by atoms with van der Waals surface area (Å²) in [5, 5.41) is 0. The molecule has 2 aromatic carbocycles. The number of rotatable bonds is 4. The minimum Gasteiger partial charge on any atom is -0.488 e. The molecule has 0 amide bonds. The molecule has 0 fully saturated rings. The molecule has 0 radical (unpaired) electrons. The zero-order valence-electron chi connectivity index (χ0n) is 10.9. The normalized spacial score (nSPS) is 12.2. The van der Waals surface area contributed by atoms with Crippen molar-refractivity contribution in [1.82, 2.24) is 0 Å². The number of hydrogen-bond donors (Lipinski definition) is 1. The molecule has 0 saturated heterocycles. The topological polar surface area (TPSA) is 35.2 Å². The average Bonchev–Trinajstić information content (AvgIpc) is 2.37. The first-order chi connectivity index (χ1) is 9.47. The van der Waals surface area contributed by atoms with Crippen LogP contribution in [0.15, 0.2) is 40.9 Å². The van der Waals surface area contributed by atoms with Crippen LogP contribution < -0.4 is 10.5 Å². The quantitative estimate of drug-likeness (QED) is 0.898. The van der Waals surface area contributed by atoms with Crippen molar-refractivity contribution in [3.05, 3.63) is 63.6 Å². The molecule has 0 heterocycles. The van der Waals surface area contributed by atoms with Gasteiger partial charge >= 0.3 is 0 Å². The molecule has 0 aliphatic heterocycles. The van der Waals surface area contributed by atoms with E-state index in [4.69, 9.17) is 10.5 Å². The van der Waals surface area contributed by atoms with Gasteiger partial charge in [-0.3, -0.25) is 0 Å². The van der Waals surface area contributed by atoms with Crippen molar-refractivity contribution < 1.29 is 13.5 Å². The van der Waals surface area contributed by atoms with Gasteiger partial charge in [-0.1, -0.05) is 22.0 Å². The summed E-state index contributed by atoms with van der Waals surface area (Å²) in [5.74, 6) is -0.648. The molecule has 1 atom stereocenters. The number of halogens is 3. The van der Waals surface area contributed by atoms with Crippen LogP contribution in [-0.2, 0) is 6.61 Å². The van der Waals surface area contributed by atoms with E-state index < -0.39 is 11.6 Å². The van der Waals surface area contributed by atoms with Crippen molar-refractivity contribution in [2.75, 3.05) is 0 Å². The summed E-state index contributed by atoms with van der Waals surface area (Å²) in [6, 6.07) is 8.71. The molecular formula is C15H14BrF2NO. The molecule has 0 aromatic heterocycles. The zero-order chi connectivity index (χ0) is 14.7. The van der Waals surface area contributed by atoms with Crippen molar-refractivity contribution in [3.8, 4) is 5.75 Å². The Bertz CT molecular complexity index is 617. The second-order valence-electron chi connectivity index (χ2n) is 4.50. The predicted octanol–water partition coefficient (Wildman–Crippen LogP) is 4.33. The first kappa shape index (κ1) is 14.9. The van der Waals surface area contributed by atoms with Gasteiger partial charge in [-0.2, -0.15) is 0 Å². The molecule has 0 aliphatic rings. The highest BCUT2D eigenvalue weighted by atomic mass is 79.9. The molecule has 0 bridgehead atoms. The van der Waals surface area contributed by atoms with Gasteiger partial charge in [-0.05, 0) is 31.2 Å². The van der Waals surface area contributed by atoms with Crippen LogP contribution in [0.3, 0.4) is 0 Å². The molecule has 0 unspecified atom stereocenters. The smallest absolute Gasteiger partial charge is 0.132 e. The lowest BCUT2D eigenvalue weighted by atomic mass is 10.1. The van der Waals surface area contributed by atoms with Crippen molar-refractivity contribution in [2.24, 2.45) is 5.73 Å². The number of benzene rings is 2. The monoisotopic (exact) mass is 341 g/mol. The van der Waals surface area contributed by atoms with Crippen molar-refractivity contribution in [1.29, 1.82) is 0 Å². The van der Waals surface area contributed by atoms with E-state index in [-0.39, 0.29) is 12.6 Å². The van der Waals surface area contributed by atoms with Gasteiger partial charge in [0.2, 0.25) is 0 Å². The third-order valence-corrected chi connectivity index (χ3v) is 3.36. The summed E-state index contributed by atoms with van der Waals surface area (Å²) in [5.41, 5.74) is 6.99. The Morgan fingerprint density at radius 1 is 1.20 bits per heavy atom. The van der Waals surface area contributed by atoms with E-state index in [9.17, 15) is 8.78 Å². The van der Waals surface area contributed by atoms with Crippen molar-refractivity contribution in [2.45, 2.75) is 19.6 Å². The minimum atomic E-state index is -0.623. The maximum absolute atomic E-state index is 13.5. The van der Waals surface area contributed by atoms with Crippen LogP contribution in [0.5, 0.6) is 5.75 Å². The fourth-order valence-electron chi connectivity index (χ4n) is 1.80. The summed E-state index contributed by atoms with van der Waals surface area (Å²) in [6.07, 6.45) is 0. The Morgan fingerprint density at radius 3 is 2.60 bits per heavy atom. The highest BCUT2D eigenvalue weighted by Gasteiger charge is 2.10. The molecule has 106 valence electrons. The standard InChI is InChI=1S/C15H14BrF2NO/c1-9(19)13-5-3-11(16)6-15(13)20-8-10-2-4-12(17)7-14(10)18/h2-7,9H,8,19H2,1H3/t9-/m1/s1. The van der Waals surface area contributed by atoms with Gasteiger partial charge in [0.25, 0.3) is 0 Å². The lowest BCUT2D eigenvalue weighted by Gasteiger charge is -2.14. The fraction of sp³-hybridized carbons (Fsp3) is 0.200. The molecule has 2 N–H and O–H groups in total. The summed E-state index contributed by atoms with van der Waals surface area (Å²) < 4.78 is 32.8. The summed E-state index contributed by atoms with van der Waals surface area (Å²) in [4.78, 5) is 0. The minimum absolute atomic E-state index is 0.0162. The largest absolute Gasteiger partial charge is 0.488 e. The molecule has 2 rings (SSSR count). The summed E-state index contributed by atoms with van der Waals surface area (Å²) in [7, 11) is 0. The maximum Gasteiger partial charge on any atom is 0.132 e. The first-order valence-electron chi connectivity index (χ1n) is 6.09. The fourth-order valence-corrected chi connectivity index (χ4v) is 2.14. The highest BCUT2D eigenvalue weighted by molar-refractivity contribution is 9.10. The molecule has 0 aliphatic carbocycles. The van der Waals surface area contributed by atoms with Crippen LogP contribution in [0.1, 0.15) is 24.1 Å². The molecule has 2 aromatic rings. The Hall–Kier alpha value is -1.46. The molecular weight excluding hydrogens is 328 g/mol. The number of ether oxygens (including phenoxy) is 1. The predicted molar refractivity (Wildman–Crippen MR) is 77.4 cm³/mol. The zero-order valence-corrected chi connectivity index (χ0v) is 12.5. The van der Waals surface area contributed by atoms with E-state index >= 15 is 0 Å². The molecule has 5 heteroatoms. The lowest BCUT2D eigenvalue weighted by Crippen LogP contribution is -2.08. The second kappa shape index (κ2) is 6.33. The van der Waals surface area contributed by atoms with Crippen LogP contribution >= 0.6 is 15.9 Å². The number of nitrogens with two attached hydrogens (primary N) is 1. The van der Waals surface area contributed by atoms with E-state index in [0.717, 1.165) is 16.1 Å². The van der Waals surface area contributed by atoms with E-state index in [0.29, 0.717) is 11.3 Å². The second-order valence-corrected chi connectivity index (χ2v) is 5.41.